The number of fused-ring (bicyclic) bond motifs is 1. The van der Waals surface area contributed by atoms with Gasteiger partial charge in [0.05, 0.1) is 6.61 Å². The van der Waals surface area contributed by atoms with Crippen molar-refractivity contribution >= 4 is 29.9 Å². The fourth-order valence-corrected chi connectivity index (χ4v) is 3.74. The minimum absolute atomic E-state index is 0. The van der Waals surface area contributed by atoms with Gasteiger partial charge in [-0.05, 0) is 42.5 Å². The zero-order valence-corrected chi connectivity index (χ0v) is 18.9. The lowest BCUT2D eigenvalue weighted by molar-refractivity contribution is -0.0172. The Hall–Kier alpha value is -1.87. The van der Waals surface area contributed by atoms with Crippen LogP contribution in [-0.2, 0) is 23.2 Å². The van der Waals surface area contributed by atoms with E-state index in [1.54, 1.807) is 7.05 Å². The predicted molar refractivity (Wildman–Crippen MR) is 123 cm³/mol. The molecule has 1 fully saturated rings. The summed E-state index contributed by atoms with van der Waals surface area (Å²) in [6, 6.07) is 13.6. The van der Waals surface area contributed by atoms with E-state index < -0.39 is 0 Å². The van der Waals surface area contributed by atoms with Crippen LogP contribution in [0.2, 0.25) is 0 Å². The molecule has 0 amide bonds. The van der Waals surface area contributed by atoms with E-state index in [1.165, 1.54) is 30.5 Å². The van der Waals surface area contributed by atoms with E-state index in [2.05, 4.69) is 46.0 Å². The highest BCUT2D eigenvalue weighted by Gasteiger charge is 2.43. The number of nitrogens with one attached hydrogen (secondary N) is 2. The number of nitrogens with zero attached hydrogens (tertiary/aromatic N) is 1. The van der Waals surface area contributed by atoms with Gasteiger partial charge in [0.2, 0.25) is 0 Å². The number of rotatable bonds is 6. The van der Waals surface area contributed by atoms with Gasteiger partial charge in [0.25, 0.3) is 0 Å². The van der Waals surface area contributed by atoms with Gasteiger partial charge in [-0.15, -0.1) is 24.0 Å². The van der Waals surface area contributed by atoms with Crippen LogP contribution in [0.1, 0.15) is 29.5 Å². The molecule has 2 aromatic carbocycles. The van der Waals surface area contributed by atoms with Crippen molar-refractivity contribution in [2.75, 3.05) is 26.9 Å². The fourth-order valence-electron chi connectivity index (χ4n) is 3.74. The van der Waals surface area contributed by atoms with Crippen molar-refractivity contribution in [1.29, 1.82) is 0 Å². The van der Waals surface area contributed by atoms with E-state index in [-0.39, 0.29) is 42.0 Å². The Morgan fingerprint density at radius 3 is 2.69 bits per heavy atom. The molecule has 0 aromatic heterocycles. The third-order valence-corrected chi connectivity index (χ3v) is 5.50. The quantitative estimate of drug-likeness (QED) is 0.353. The van der Waals surface area contributed by atoms with Gasteiger partial charge in [-0.1, -0.05) is 30.3 Å². The summed E-state index contributed by atoms with van der Waals surface area (Å²) in [5.41, 5.74) is 3.21. The number of ether oxygens (including phenoxy) is 2. The molecule has 0 radical (unpaired) electrons. The molecule has 2 aromatic rings. The summed E-state index contributed by atoms with van der Waals surface area (Å²) in [6.45, 7) is 2.09. The Bertz CT molecular complexity index is 857. The summed E-state index contributed by atoms with van der Waals surface area (Å²) in [5, 5.41) is 6.77. The van der Waals surface area contributed by atoms with Crippen molar-refractivity contribution in [2.45, 2.75) is 31.3 Å². The largest absolute Gasteiger partial charge is 0.467 e. The highest BCUT2D eigenvalue weighted by Crippen LogP contribution is 2.47. The zero-order valence-electron chi connectivity index (χ0n) is 16.5. The maximum atomic E-state index is 13.9. The summed E-state index contributed by atoms with van der Waals surface area (Å²) in [7, 11) is 1.77. The summed E-state index contributed by atoms with van der Waals surface area (Å²) < 4.78 is 24.7. The lowest BCUT2D eigenvalue weighted by atomic mass is 9.96. The van der Waals surface area contributed by atoms with Gasteiger partial charge in [0.1, 0.15) is 11.6 Å². The smallest absolute Gasteiger partial charge is 0.191 e. The maximum Gasteiger partial charge on any atom is 0.191 e. The van der Waals surface area contributed by atoms with Crippen LogP contribution >= 0.6 is 24.0 Å². The van der Waals surface area contributed by atoms with Gasteiger partial charge < -0.3 is 20.1 Å². The highest BCUT2D eigenvalue weighted by molar-refractivity contribution is 14.0. The second-order valence-electron chi connectivity index (χ2n) is 7.41. The van der Waals surface area contributed by atoms with Gasteiger partial charge in [-0.25, -0.2) is 4.39 Å². The monoisotopic (exact) mass is 511 g/mol. The first-order valence-corrected chi connectivity index (χ1v) is 9.72. The Morgan fingerprint density at radius 2 is 1.97 bits per heavy atom. The van der Waals surface area contributed by atoms with Crippen LogP contribution in [0, 0.1) is 5.82 Å². The molecule has 7 heteroatoms. The van der Waals surface area contributed by atoms with Crippen LogP contribution in [0.4, 0.5) is 4.39 Å². The average Bonchev–Trinajstić information content (AvgIpc) is 3.52. The van der Waals surface area contributed by atoms with Gasteiger partial charge >= 0.3 is 0 Å². The molecule has 29 heavy (non-hydrogen) atoms. The standard InChI is InChI=1S/C22H26FN3O2.HI/c1-24-21(26-14-22(8-9-22)18-5-3-2-4-6-18)25-10-7-16-11-19(23)12-17-13-27-15-28-20(16)17;/h2-6,11-12H,7-10,13-15H2,1H3,(H2,24,25,26);1H. The van der Waals surface area contributed by atoms with Crippen molar-refractivity contribution in [1.82, 2.24) is 10.6 Å². The van der Waals surface area contributed by atoms with Gasteiger partial charge in [0.15, 0.2) is 12.8 Å². The summed E-state index contributed by atoms with van der Waals surface area (Å²) in [4.78, 5) is 4.32. The molecule has 1 heterocycles. The van der Waals surface area contributed by atoms with E-state index in [0.717, 1.165) is 29.4 Å². The van der Waals surface area contributed by atoms with Crippen LogP contribution < -0.4 is 15.4 Å². The number of benzene rings is 2. The number of halogens is 2. The molecule has 0 unspecified atom stereocenters. The molecule has 1 aliphatic carbocycles. The zero-order chi connectivity index (χ0) is 19.4. The van der Waals surface area contributed by atoms with E-state index in [4.69, 9.17) is 9.47 Å². The molecule has 1 aliphatic heterocycles. The first-order chi connectivity index (χ1) is 13.7. The molecule has 0 saturated heterocycles. The molecular weight excluding hydrogens is 484 g/mol. The topological polar surface area (TPSA) is 54.9 Å². The molecule has 0 bridgehead atoms. The summed E-state index contributed by atoms with van der Waals surface area (Å²) in [6.07, 6.45) is 3.02. The highest BCUT2D eigenvalue weighted by atomic mass is 127. The molecule has 2 N–H and O–H groups in total. The minimum Gasteiger partial charge on any atom is -0.467 e. The van der Waals surface area contributed by atoms with Crippen LogP contribution in [0.3, 0.4) is 0 Å². The van der Waals surface area contributed by atoms with Crippen LogP contribution in [-0.4, -0.2) is 32.9 Å². The summed E-state index contributed by atoms with van der Waals surface area (Å²) in [5.74, 6) is 1.25. The second-order valence-corrected chi connectivity index (χ2v) is 7.41. The van der Waals surface area contributed by atoms with Crippen molar-refractivity contribution in [3.8, 4) is 5.75 Å². The molecule has 0 atom stereocenters. The van der Waals surface area contributed by atoms with Crippen LogP contribution in [0.25, 0.3) is 0 Å². The summed E-state index contributed by atoms with van der Waals surface area (Å²) >= 11 is 0. The Kier molecular flexibility index (Phi) is 7.34. The van der Waals surface area contributed by atoms with Gasteiger partial charge in [-0.3, -0.25) is 4.99 Å². The lowest BCUT2D eigenvalue weighted by Gasteiger charge is -2.21. The third kappa shape index (κ3) is 5.19. The third-order valence-electron chi connectivity index (χ3n) is 5.50. The van der Waals surface area contributed by atoms with Crippen molar-refractivity contribution in [3.63, 3.8) is 0 Å². The predicted octanol–water partition coefficient (Wildman–Crippen LogP) is 3.75. The number of guanidine groups is 1. The molecule has 156 valence electrons. The normalized spacial score (nSPS) is 16.8. The molecule has 5 nitrogen and oxygen atoms in total. The van der Waals surface area contributed by atoms with E-state index in [1.807, 2.05) is 0 Å². The fraction of sp³-hybridized carbons (Fsp3) is 0.409. The molecule has 0 spiro atoms. The molecule has 4 rings (SSSR count). The van der Waals surface area contributed by atoms with Crippen LogP contribution in [0.5, 0.6) is 5.75 Å². The molecular formula is C22H27FIN3O2. The van der Waals surface area contributed by atoms with Crippen LogP contribution in [0.15, 0.2) is 47.5 Å². The van der Waals surface area contributed by atoms with E-state index in [9.17, 15) is 4.39 Å². The minimum atomic E-state index is -0.260. The first kappa shape index (κ1) is 21.8. The lowest BCUT2D eigenvalue weighted by Crippen LogP contribution is -2.42. The molecule has 1 saturated carbocycles. The maximum absolute atomic E-state index is 13.9. The average molecular weight is 511 g/mol. The second kappa shape index (κ2) is 9.75. The Labute approximate surface area is 188 Å². The van der Waals surface area contributed by atoms with Crippen molar-refractivity contribution in [3.05, 3.63) is 65.0 Å². The number of hydrogen-bond acceptors (Lipinski definition) is 3. The number of aliphatic imine (C=N–C) groups is 1. The van der Waals surface area contributed by atoms with Crippen molar-refractivity contribution in [2.24, 2.45) is 4.99 Å². The Balaban J connectivity index is 0.00000240. The Morgan fingerprint density at radius 1 is 1.17 bits per heavy atom. The van der Waals surface area contributed by atoms with Gasteiger partial charge in [-0.2, -0.15) is 0 Å². The SMILES string of the molecule is CN=C(NCCc1cc(F)cc2c1OCOC2)NCC1(c2ccccc2)CC1.I. The van der Waals surface area contributed by atoms with E-state index >= 15 is 0 Å². The number of hydrogen-bond donors (Lipinski definition) is 2. The van der Waals surface area contributed by atoms with Gasteiger partial charge in [0, 0.05) is 31.1 Å². The first-order valence-electron chi connectivity index (χ1n) is 9.72. The molecule has 2 aliphatic rings. The van der Waals surface area contributed by atoms with Crippen molar-refractivity contribution < 1.29 is 13.9 Å². The van der Waals surface area contributed by atoms with E-state index in [0.29, 0.717) is 19.6 Å².